The van der Waals surface area contributed by atoms with E-state index in [1.807, 2.05) is 0 Å². The fourth-order valence-corrected chi connectivity index (χ4v) is 4.59. The molecule has 0 saturated heterocycles. The maximum absolute atomic E-state index is 3.61. The smallest absolute Gasteiger partial charge is 0.0353 e. The molecule has 0 spiro atoms. The van der Waals surface area contributed by atoms with Crippen LogP contribution < -0.4 is 0 Å². The molecule has 0 radical (unpaired) electrons. The van der Waals surface area contributed by atoms with E-state index in [9.17, 15) is 0 Å². The quantitative estimate of drug-likeness (QED) is 0.348. The van der Waals surface area contributed by atoms with Crippen molar-refractivity contribution in [1.82, 2.24) is 0 Å². The molecule has 0 nitrogen and oxygen atoms in total. The first-order chi connectivity index (χ1) is 10.2. The van der Waals surface area contributed by atoms with Gasteiger partial charge in [-0.1, -0.05) is 80.4 Å². The van der Waals surface area contributed by atoms with Crippen LogP contribution in [-0.4, -0.2) is 0 Å². The fraction of sp³-hybridized carbons (Fsp3) is 0.0526. The second-order valence-electron chi connectivity index (χ2n) is 5.31. The second kappa shape index (κ2) is 5.11. The zero-order valence-corrected chi connectivity index (χ0v) is 14.4. The molecular formula is C19H12Br2. The molecule has 102 valence electrons. The molecule has 0 bridgehead atoms. The Morgan fingerprint density at radius 3 is 1.62 bits per heavy atom. The Balaban J connectivity index is 2.00. The Kier molecular flexibility index (Phi) is 3.24. The molecule has 21 heavy (non-hydrogen) atoms. The Labute approximate surface area is 141 Å². The van der Waals surface area contributed by atoms with Crippen LogP contribution in [0.5, 0.6) is 0 Å². The van der Waals surface area contributed by atoms with Gasteiger partial charge < -0.3 is 0 Å². The van der Waals surface area contributed by atoms with E-state index in [0.717, 1.165) is 8.95 Å². The molecule has 1 aliphatic carbocycles. The Hall–Kier alpha value is -1.38. The lowest BCUT2D eigenvalue weighted by Gasteiger charge is -2.15. The number of benzene rings is 3. The first-order valence-electron chi connectivity index (χ1n) is 6.88. The summed E-state index contributed by atoms with van der Waals surface area (Å²) < 4.78 is 2.21. The van der Waals surface area contributed by atoms with Crippen molar-refractivity contribution in [1.29, 1.82) is 0 Å². The molecule has 0 amide bonds. The minimum absolute atomic E-state index is 0.311. The van der Waals surface area contributed by atoms with Gasteiger partial charge in [0.05, 0.1) is 0 Å². The van der Waals surface area contributed by atoms with E-state index in [1.54, 1.807) is 0 Å². The fourth-order valence-electron chi connectivity index (χ4n) is 3.26. The SMILES string of the molecule is Brc1cc(Br)cc(C2c3ccccc3-c3ccccc32)c1. The Morgan fingerprint density at radius 2 is 1.10 bits per heavy atom. The highest BCUT2D eigenvalue weighted by Gasteiger charge is 2.29. The summed E-state index contributed by atoms with van der Waals surface area (Å²) in [5, 5.41) is 0. The second-order valence-corrected chi connectivity index (χ2v) is 7.14. The minimum Gasteiger partial charge on any atom is -0.0619 e. The van der Waals surface area contributed by atoms with Crippen molar-refractivity contribution in [3.8, 4) is 11.1 Å². The number of rotatable bonds is 1. The van der Waals surface area contributed by atoms with Gasteiger partial charge in [-0.05, 0) is 46.0 Å². The van der Waals surface area contributed by atoms with Gasteiger partial charge in [0.1, 0.15) is 0 Å². The molecule has 0 fully saturated rings. The van der Waals surface area contributed by atoms with E-state index in [0.29, 0.717) is 5.92 Å². The van der Waals surface area contributed by atoms with Crippen LogP contribution in [0.4, 0.5) is 0 Å². The summed E-state index contributed by atoms with van der Waals surface area (Å²) in [6.45, 7) is 0. The molecule has 3 aromatic carbocycles. The van der Waals surface area contributed by atoms with Crippen molar-refractivity contribution in [3.05, 3.63) is 92.4 Å². The highest BCUT2D eigenvalue weighted by molar-refractivity contribution is 9.11. The molecule has 0 aliphatic heterocycles. The molecule has 0 heterocycles. The van der Waals surface area contributed by atoms with Crippen LogP contribution in [0.3, 0.4) is 0 Å². The minimum atomic E-state index is 0.311. The summed E-state index contributed by atoms with van der Waals surface area (Å²) in [6.07, 6.45) is 0. The summed E-state index contributed by atoms with van der Waals surface area (Å²) in [6, 6.07) is 23.9. The molecule has 0 unspecified atom stereocenters. The lowest BCUT2D eigenvalue weighted by atomic mass is 9.89. The summed E-state index contributed by atoms with van der Waals surface area (Å²) in [5.41, 5.74) is 6.81. The number of halogens is 2. The number of hydrogen-bond donors (Lipinski definition) is 0. The van der Waals surface area contributed by atoms with Crippen LogP contribution in [0.15, 0.2) is 75.7 Å². The van der Waals surface area contributed by atoms with E-state index in [2.05, 4.69) is 98.6 Å². The largest absolute Gasteiger partial charge is 0.0619 e. The summed E-state index contributed by atoms with van der Waals surface area (Å²) in [7, 11) is 0. The van der Waals surface area contributed by atoms with Crippen LogP contribution in [0.2, 0.25) is 0 Å². The van der Waals surface area contributed by atoms with Crippen LogP contribution in [0.1, 0.15) is 22.6 Å². The van der Waals surface area contributed by atoms with E-state index in [-0.39, 0.29) is 0 Å². The van der Waals surface area contributed by atoms with Gasteiger partial charge in [-0.2, -0.15) is 0 Å². The molecular weight excluding hydrogens is 388 g/mol. The number of hydrogen-bond acceptors (Lipinski definition) is 0. The molecule has 0 aromatic heterocycles. The van der Waals surface area contributed by atoms with Gasteiger partial charge in [0, 0.05) is 14.9 Å². The van der Waals surface area contributed by atoms with Crippen molar-refractivity contribution in [3.63, 3.8) is 0 Å². The molecule has 1 aliphatic rings. The third kappa shape index (κ3) is 2.18. The number of fused-ring (bicyclic) bond motifs is 3. The third-order valence-electron chi connectivity index (χ3n) is 4.05. The van der Waals surface area contributed by atoms with Crippen LogP contribution in [0.25, 0.3) is 11.1 Å². The summed E-state index contributed by atoms with van der Waals surface area (Å²) >= 11 is 7.22. The third-order valence-corrected chi connectivity index (χ3v) is 4.97. The molecule has 0 atom stereocenters. The first-order valence-corrected chi connectivity index (χ1v) is 8.47. The van der Waals surface area contributed by atoms with Gasteiger partial charge in [-0.25, -0.2) is 0 Å². The lowest BCUT2D eigenvalue weighted by molar-refractivity contribution is 1.01. The monoisotopic (exact) mass is 398 g/mol. The van der Waals surface area contributed by atoms with Crippen molar-refractivity contribution in [2.75, 3.05) is 0 Å². The van der Waals surface area contributed by atoms with Gasteiger partial charge >= 0.3 is 0 Å². The molecule has 2 heteroatoms. The predicted molar refractivity (Wildman–Crippen MR) is 94.7 cm³/mol. The van der Waals surface area contributed by atoms with Gasteiger partial charge in [-0.15, -0.1) is 0 Å². The van der Waals surface area contributed by atoms with Crippen molar-refractivity contribution < 1.29 is 0 Å². The van der Waals surface area contributed by atoms with Crippen LogP contribution in [0, 0.1) is 0 Å². The average Bonchev–Trinajstić information content (AvgIpc) is 2.81. The van der Waals surface area contributed by atoms with Gasteiger partial charge in [0.15, 0.2) is 0 Å². The lowest BCUT2D eigenvalue weighted by Crippen LogP contribution is -1.99. The van der Waals surface area contributed by atoms with Gasteiger partial charge in [-0.3, -0.25) is 0 Å². The van der Waals surface area contributed by atoms with Crippen molar-refractivity contribution >= 4 is 31.9 Å². The molecule has 3 aromatic rings. The maximum atomic E-state index is 3.61. The van der Waals surface area contributed by atoms with Crippen molar-refractivity contribution in [2.24, 2.45) is 0 Å². The topological polar surface area (TPSA) is 0 Å². The molecule has 0 saturated carbocycles. The molecule has 4 rings (SSSR count). The predicted octanol–water partition coefficient (Wildman–Crippen LogP) is 6.37. The van der Waals surface area contributed by atoms with Crippen LogP contribution >= 0.6 is 31.9 Å². The first kappa shape index (κ1) is 13.3. The average molecular weight is 400 g/mol. The summed E-state index contributed by atoms with van der Waals surface area (Å²) in [4.78, 5) is 0. The van der Waals surface area contributed by atoms with E-state index >= 15 is 0 Å². The zero-order valence-electron chi connectivity index (χ0n) is 11.2. The van der Waals surface area contributed by atoms with Gasteiger partial charge in [0.2, 0.25) is 0 Å². The highest BCUT2D eigenvalue weighted by Crippen LogP contribution is 2.48. The standard InChI is InChI=1S/C19H12Br2/c20-13-9-12(10-14(21)11-13)19-17-7-3-1-5-15(17)16-6-2-4-8-18(16)19/h1-11,19H. The highest BCUT2D eigenvalue weighted by atomic mass is 79.9. The Bertz CT molecular complexity index is 771. The van der Waals surface area contributed by atoms with Crippen molar-refractivity contribution in [2.45, 2.75) is 5.92 Å². The Morgan fingerprint density at radius 1 is 0.619 bits per heavy atom. The maximum Gasteiger partial charge on any atom is 0.0353 e. The summed E-state index contributed by atoms with van der Waals surface area (Å²) in [5.74, 6) is 0.311. The molecule has 0 N–H and O–H groups in total. The van der Waals surface area contributed by atoms with E-state index < -0.39 is 0 Å². The van der Waals surface area contributed by atoms with Gasteiger partial charge in [0.25, 0.3) is 0 Å². The zero-order chi connectivity index (χ0) is 14.4. The van der Waals surface area contributed by atoms with Crippen LogP contribution in [-0.2, 0) is 0 Å². The normalized spacial score (nSPS) is 13.0. The van der Waals surface area contributed by atoms with E-state index in [1.165, 1.54) is 27.8 Å². The van der Waals surface area contributed by atoms with E-state index in [4.69, 9.17) is 0 Å².